The van der Waals surface area contributed by atoms with Crippen LogP contribution in [0.5, 0.6) is 0 Å². The van der Waals surface area contributed by atoms with Gasteiger partial charge in [0.25, 0.3) is 0 Å². The van der Waals surface area contributed by atoms with Crippen molar-refractivity contribution in [2.75, 3.05) is 6.61 Å². The molecule has 2 atom stereocenters. The monoisotopic (exact) mass is 257 g/mol. The number of nitrogens with zero attached hydrogens (tertiary/aromatic N) is 2. The highest BCUT2D eigenvalue weighted by atomic mass is 16.4. The first-order valence-electron chi connectivity index (χ1n) is 5.26. The van der Waals surface area contributed by atoms with Crippen LogP contribution in [0.3, 0.4) is 0 Å². The van der Waals surface area contributed by atoms with Gasteiger partial charge in [-0.25, -0.2) is 4.79 Å². The summed E-state index contributed by atoms with van der Waals surface area (Å²) in [6, 6.07) is -1.22. The highest BCUT2D eigenvalue weighted by molar-refractivity contribution is 6.25. The lowest BCUT2D eigenvalue weighted by molar-refractivity contribution is -0.143. The number of amides is 1. The number of aliphatic hydroxyl groups is 1. The van der Waals surface area contributed by atoms with E-state index in [-0.39, 0.29) is 12.8 Å². The van der Waals surface area contributed by atoms with Gasteiger partial charge in [-0.15, -0.1) is 0 Å². The maximum atomic E-state index is 11.4. The molecule has 0 rings (SSSR count). The van der Waals surface area contributed by atoms with E-state index in [0.29, 0.717) is 6.21 Å². The van der Waals surface area contributed by atoms with Crippen molar-refractivity contribution in [1.29, 1.82) is 0 Å². The maximum Gasteiger partial charge on any atom is 0.326 e. The van der Waals surface area contributed by atoms with E-state index in [4.69, 9.17) is 15.7 Å². The summed E-state index contributed by atoms with van der Waals surface area (Å²) in [6.45, 7) is 1.05. The van der Waals surface area contributed by atoms with Crippen molar-refractivity contribution < 1.29 is 29.4 Å². The third-order valence-electron chi connectivity index (χ3n) is 2.22. The number of aliphatic hydroxyl groups excluding tert-OH is 1. The molecule has 0 heterocycles. The molecule has 2 unspecified atom stereocenters. The second-order valence-electron chi connectivity index (χ2n) is 3.73. The number of carboxylic acids is 1. The molecule has 8 nitrogen and oxygen atoms in total. The Bertz CT molecular complexity index is 376. The molecule has 0 fully saturated rings. The molecule has 18 heavy (non-hydrogen) atoms. The van der Waals surface area contributed by atoms with Crippen LogP contribution in [-0.2, 0) is 14.4 Å². The van der Waals surface area contributed by atoms with Crippen LogP contribution in [0.4, 0.5) is 0 Å². The van der Waals surface area contributed by atoms with Crippen LogP contribution < -0.4 is 5.32 Å². The summed E-state index contributed by atoms with van der Waals surface area (Å²) in [5.41, 5.74) is 8.10. The lowest BCUT2D eigenvalue weighted by Gasteiger charge is -2.15. The molecule has 0 aromatic rings. The fourth-order valence-corrected chi connectivity index (χ4v) is 1.07. The summed E-state index contributed by atoms with van der Waals surface area (Å²) in [6.07, 6.45) is 0.371. The van der Waals surface area contributed by atoms with Crippen molar-refractivity contribution in [1.82, 2.24) is 5.32 Å². The quantitative estimate of drug-likeness (QED) is 0.285. The number of carbonyl (C=O) groups excluding carboxylic acids is 2. The van der Waals surface area contributed by atoms with E-state index >= 15 is 0 Å². The van der Waals surface area contributed by atoms with Crippen LogP contribution in [-0.4, -0.2) is 51.5 Å². The summed E-state index contributed by atoms with van der Waals surface area (Å²) in [4.78, 5) is 35.7. The summed E-state index contributed by atoms with van der Waals surface area (Å²) >= 11 is 0. The molecule has 3 N–H and O–H groups in total. The van der Waals surface area contributed by atoms with Gasteiger partial charge < -0.3 is 21.1 Å². The van der Waals surface area contributed by atoms with Crippen LogP contribution in [0.1, 0.15) is 19.8 Å². The Balaban J connectivity index is 4.41. The van der Waals surface area contributed by atoms with Gasteiger partial charge >= 0.3 is 12.2 Å². The Hall–Kier alpha value is -2.05. The van der Waals surface area contributed by atoms with Gasteiger partial charge in [-0.1, -0.05) is 6.92 Å². The number of ketones is 1. The van der Waals surface area contributed by atoms with E-state index in [0.717, 1.165) is 0 Å². The van der Waals surface area contributed by atoms with Gasteiger partial charge in [0.1, 0.15) is 6.04 Å². The molecule has 0 aliphatic rings. The van der Waals surface area contributed by atoms with E-state index in [1.165, 1.54) is 6.92 Å². The molecular weight excluding hydrogens is 242 g/mol. The predicted molar refractivity (Wildman–Crippen MR) is 59.7 cm³/mol. The molecule has 0 aliphatic heterocycles. The van der Waals surface area contributed by atoms with E-state index in [1.54, 1.807) is 0 Å². The molecule has 0 saturated heterocycles. The van der Waals surface area contributed by atoms with Crippen molar-refractivity contribution in [2.45, 2.75) is 25.8 Å². The highest BCUT2D eigenvalue weighted by Crippen LogP contribution is 2.01. The summed E-state index contributed by atoms with van der Waals surface area (Å²) in [5.74, 6) is -3.15. The molecular formula is C10H15N3O5. The Morgan fingerprint density at radius 3 is 2.50 bits per heavy atom. The smallest absolute Gasteiger partial charge is 0.326 e. The van der Waals surface area contributed by atoms with Gasteiger partial charge in [-0.2, -0.15) is 4.79 Å². The normalized spacial score (nSPS) is 13.0. The zero-order valence-electron chi connectivity index (χ0n) is 9.87. The van der Waals surface area contributed by atoms with Gasteiger partial charge in [0.2, 0.25) is 11.7 Å². The van der Waals surface area contributed by atoms with Crippen molar-refractivity contribution in [3.63, 3.8) is 0 Å². The topological polar surface area (TPSA) is 140 Å². The third kappa shape index (κ3) is 5.88. The standard InChI is InChI=1S/C10H15N3O5/c1-6(5-14)9(16)13-8(10(17)18)3-2-7(15)4-12-11/h4,6,8,14H,2-3,5H2,1H3,(H,13,16)(H,17,18). The number of nitrogens with one attached hydrogen (secondary N) is 1. The zero-order chi connectivity index (χ0) is 14.1. The third-order valence-corrected chi connectivity index (χ3v) is 2.22. The number of hydrogen-bond donors (Lipinski definition) is 3. The van der Waals surface area contributed by atoms with Gasteiger partial charge in [0.15, 0.2) is 0 Å². The molecule has 0 radical (unpaired) electrons. The summed E-state index contributed by atoms with van der Waals surface area (Å²) < 4.78 is 0. The minimum Gasteiger partial charge on any atom is -0.480 e. The molecule has 8 heteroatoms. The molecule has 0 saturated carbocycles. The van der Waals surface area contributed by atoms with Gasteiger partial charge in [0.05, 0.1) is 12.5 Å². The Morgan fingerprint density at radius 2 is 2.06 bits per heavy atom. The number of carbonyl (C=O) groups is 3. The minimum absolute atomic E-state index is 0.121. The van der Waals surface area contributed by atoms with Crippen molar-refractivity contribution in [3.05, 3.63) is 5.53 Å². The van der Waals surface area contributed by atoms with Gasteiger partial charge in [-0.3, -0.25) is 9.59 Å². The average Bonchev–Trinajstić information content (AvgIpc) is 2.32. The first-order valence-corrected chi connectivity index (χ1v) is 5.26. The van der Waals surface area contributed by atoms with Gasteiger partial charge in [0, 0.05) is 6.42 Å². The van der Waals surface area contributed by atoms with E-state index in [1.807, 2.05) is 0 Å². The second kappa shape index (κ2) is 8.10. The van der Waals surface area contributed by atoms with E-state index in [2.05, 4.69) is 10.1 Å². The van der Waals surface area contributed by atoms with Crippen LogP contribution in [0.2, 0.25) is 0 Å². The Morgan fingerprint density at radius 1 is 1.44 bits per heavy atom. The lowest BCUT2D eigenvalue weighted by atomic mass is 10.1. The van der Waals surface area contributed by atoms with Crippen LogP contribution >= 0.6 is 0 Å². The van der Waals surface area contributed by atoms with Crippen molar-refractivity contribution in [3.8, 4) is 0 Å². The van der Waals surface area contributed by atoms with Crippen molar-refractivity contribution in [2.24, 2.45) is 5.92 Å². The predicted octanol–water partition coefficient (Wildman–Crippen LogP) is -1.17. The number of Topliss-reactive ketones (excluding diaryl/α,β-unsaturated/α-hetero) is 1. The largest absolute Gasteiger partial charge is 0.480 e. The van der Waals surface area contributed by atoms with Crippen LogP contribution in [0.15, 0.2) is 0 Å². The van der Waals surface area contributed by atoms with Gasteiger partial charge in [-0.05, 0) is 6.42 Å². The lowest BCUT2D eigenvalue weighted by Crippen LogP contribution is -2.44. The zero-order valence-corrected chi connectivity index (χ0v) is 9.87. The Labute approximate surface area is 103 Å². The molecule has 0 aromatic carbocycles. The SMILES string of the molecule is CC(CO)C(=O)NC(CCC(=O)C=[N+]=[N-])C(=O)O. The first kappa shape index (κ1) is 16.0. The molecule has 1 amide bonds. The minimum atomic E-state index is -1.28. The number of carboxylic acid groups (broad SMARTS) is 1. The second-order valence-corrected chi connectivity index (χ2v) is 3.73. The number of hydrogen-bond acceptors (Lipinski definition) is 4. The molecule has 100 valence electrons. The summed E-state index contributed by atoms with van der Waals surface area (Å²) in [5, 5.41) is 19.8. The molecule has 0 bridgehead atoms. The molecule has 0 aromatic heterocycles. The fourth-order valence-electron chi connectivity index (χ4n) is 1.07. The van der Waals surface area contributed by atoms with Crippen LogP contribution in [0.25, 0.3) is 5.53 Å². The Kier molecular flexibility index (Phi) is 7.18. The summed E-state index contributed by atoms with van der Waals surface area (Å²) in [7, 11) is 0. The maximum absolute atomic E-state index is 11.4. The number of rotatable bonds is 8. The first-order chi connectivity index (χ1) is 8.42. The van der Waals surface area contributed by atoms with E-state index in [9.17, 15) is 14.4 Å². The van der Waals surface area contributed by atoms with E-state index < -0.39 is 36.2 Å². The molecule has 0 spiro atoms. The average molecular weight is 257 g/mol. The van der Waals surface area contributed by atoms with Crippen molar-refractivity contribution >= 4 is 23.9 Å². The molecule has 0 aliphatic carbocycles. The number of aliphatic carboxylic acids is 1. The fraction of sp³-hybridized carbons (Fsp3) is 0.600. The highest BCUT2D eigenvalue weighted by Gasteiger charge is 2.23. The van der Waals surface area contributed by atoms with Crippen LogP contribution in [0, 0.1) is 5.92 Å².